The number of hydrogen-bond donors (Lipinski definition) is 0. The second-order valence-corrected chi connectivity index (χ2v) is 18.3. The van der Waals surface area contributed by atoms with Gasteiger partial charge in [0.05, 0.1) is 5.92 Å². The Kier molecular flexibility index (Phi) is 9.20. The van der Waals surface area contributed by atoms with E-state index in [2.05, 4.69) is 41.5 Å². The van der Waals surface area contributed by atoms with Crippen molar-refractivity contribution in [3.63, 3.8) is 0 Å². The maximum Gasteiger partial charge on any atom is 0.504 e. The van der Waals surface area contributed by atoms with E-state index in [-0.39, 0.29) is 23.3 Å². The zero-order valence-electron chi connectivity index (χ0n) is 20.8. The summed E-state index contributed by atoms with van der Waals surface area (Å²) in [6, 6.07) is 0. The Morgan fingerprint density at radius 1 is 0.800 bits per heavy atom. The molecule has 2 aliphatic carbocycles. The highest BCUT2D eigenvalue weighted by Crippen LogP contribution is 2.59. The smallest absolute Gasteiger partial charge is 0.504 e. The lowest BCUT2D eigenvalue weighted by atomic mass is 9.88. The molecule has 7 heteroatoms. The van der Waals surface area contributed by atoms with E-state index in [4.69, 9.17) is 17.7 Å². The topological polar surface area (TPSA) is 54.0 Å². The van der Waals surface area contributed by atoms with Gasteiger partial charge < -0.3 is 17.7 Å². The van der Waals surface area contributed by atoms with Crippen LogP contribution in [0.4, 0.5) is 0 Å². The molecule has 0 aromatic carbocycles. The number of hydrogen-bond acceptors (Lipinski definition) is 5. The van der Waals surface area contributed by atoms with E-state index in [0.29, 0.717) is 42.4 Å². The van der Waals surface area contributed by atoms with Gasteiger partial charge in [0.2, 0.25) is 0 Å². The van der Waals surface area contributed by atoms with Crippen LogP contribution in [0.15, 0.2) is 0 Å². The van der Waals surface area contributed by atoms with E-state index in [1.54, 1.807) is 0 Å². The lowest BCUT2D eigenvalue weighted by molar-refractivity contribution is -0.142. The van der Waals surface area contributed by atoms with Crippen LogP contribution < -0.4 is 0 Å². The summed E-state index contributed by atoms with van der Waals surface area (Å²) in [5.41, 5.74) is 1.42. The zero-order chi connectivity index (χ0) is 22.7. The van der Waals surface area contributed by atoms with Crippen LogP contribution in [-0.2, 0) is 22.5 Å². The molecule has 2 rings (SSSR count). The summed E-state index contributed by atoms with van der Waals surface area (Å²) in [4.78, 5) is 13.6. The van der Waals surface area contributed by atoms with Crippen LogP contribution in [0.1, 0.15) is 81.6 Å². The lowest BCUT2D eigenvalue weighted by Crippen LogP contribution is -2.54. The molecule has 0 aromatic heterocycles. The normalized spacial score (nSPS) is 26.9. The van der Waals surface area contributed by atoms with Crippen LogP contribution in [0, 0.1) is 17.8 Å². The lowest BCUT2D eigenvalue weighted by Gasteiger charge is -2.44. The van der Waals surface area contributed by atoms with Crippen LogP contribution in [0.3, 0.4) is 0 Å². The number of rotatable bonds is 12. The highest BCUT2D eigenvalue weighted by atomic mass is 28.4. The Balaban J connectivity index is 2.28. The molecule has 5 nitrogen and oxygen atoms in total. The van der Waals surface area contributed by atoms with Crippen molar-refractivity contribution in [3.8, 4) is 0 Å². The van der Waals surface area contributed by atoms with Crippen molar-refractivity contribution < 1.29 is 22.5 Å². The third kappa shape index (κ3) is 4.75. The summed E-state index contributed by atoms with van der Waals surface area (Å²) in [6.07, 6.45) is 3.08. The van der Waals surface area contributed by atoms with Crippen molar-refractivity contribution in [2.75, 3.05) is 19.8 Å². The van der Waals surface area contributed by atoms with Crippen molar-refractivity contribution in [1.82, 2.24) is 0 Å². The van der Waals surface area contributed by atoms with E-state index < -0.39 is 17.1 Å². The van der Waals surface area contributed by atoms with E-state index in [0.717, 1.165) is 19.3 Å². The van der Waals surface area contributed by atoms with E-state index >= 15 is 0 Å². The second-order valence-electron chi connectivity index (χ2n) is 10.1. The first-order valence-electron chi connectivity index (χ1n) is 12.2. The van der Waals surface area contributed by atoms with Gasteiger partial charge in [-0.2, -0.15) is 0 Å². The largest absolute Gasteiger partial charge is 0.518 e. The maximum atomic E-state index is 13.6. The fraction of sp³-hybridized carbons (Fsp3) is 0.957. The second kappa shape index (κ2) is 10.6. The highest BCUT2D eigenvalue weighted by molar-refractivity contribution is 6.79. The van der Waals surface area contributed by atoms with Crippen molar-refractivity contribution in [2.45, 2.75) is 104 Å². The predicted molar refractivity (Wildman–Crippen MR) is 126 cm³/mol. The van der Waals surface area contributed by atoms with Crippen LogP contribution >= 0.6 is 0 Å². The van der Waals surface area contributed by atoms with Crippen LogP contribution in [0.25, 0.3) is 0 Å². The predicted octanol–water partition coefficient (Wildman–Crippen LogP) is 6.17. The van der Waals surface area contributed by atoms with Crippen LogP contribution in [-0.4, -0.2) is 42.9 Å². The van der Waals surface area contributed by atoms with E-state index in [1.807, 2.05) is 20.8 Å². The monoisotopic (exact) mass is 458 g/mol. The van der Waals surface area contributed by atoms with E-state index in [9.17, 15) is 4.79 Å². The van der Waals surface area contributed by atoms with Gasteiger partial charge in [-0.25, -0.2) is 0 Å². The molecular weight excluding hydrogens is 412 g/mol. The SMILES string of the molecule is CCO[Si](OCC)(OCC)C1CC2CC(C(=O)O[Si](C(C)C)(C(C)C)C(C)C)C1C2. The Morgan fingerprint density at radius 3 is 1.63 bits per heavy atom. The Morgan fingerprint density at radius 2 is 1.27 bits per heavy atom. The molecule has 0 amide bonds. The fourth-order valence-electron chi connectivity index (χ4n) is 6.68. The van der Waals surface area contributed by atoms with Crippen LogP contribution in [0.5, 0.6) is 0 Å². The minimum atomic E-state index is -2.82. The maximum absolute atomic E-state index is 13.6. The van der Waals surface area contributed by atoms with Gasteiger partial charge >= 0.3 is 8.80 Å². The van der Waals surface area contributed by atoms with Crippen molar-refractivity contribution in [2.24, 2.45) is 17.8 Å². The number of fused-ring (bicyclic) bond motifs is 2. The van der Waals surface area contributed by atoms with Gasteiger partial charge in [-0.05, 0) is 68.5 Å². The summed E-state index contributed by atoms with van der Waals surface area (Å²) in [6.45, 7) is 21.2. The Hall–Kier alpha value is -0.216. The first-order valence-corrected chi connectivity index (χ1v) is 16.2. The van der Waals surface area contributed by atoms with Gasteiger partial charge in [0.15, 0.2) is 0 Å². The third-order valence-corrected chi connectivity index (χ3v) is 17.2. The molecular formula is C23H46O5Si2. The minimum absolute atomic E-state index is 0.0369. The first-order chi connectivity index (χ1) is 14.1. The Bertz CT molecular complexity index is 527. The van der Waals surface area contributed by atoms with Crippen molar-refractivity contribution in [1.29, 1.82) is 0 Å². The highest BCUT2D eigenvalue weighted by Gasteiger charge is 2.62. The molecule has 30 heavy (non-hydrogen) atoms. The summed E-state index contributed by atoms with van der Waals surface area (Å²) >= 11 is 0. The molecule has 0 saturated heterocycles. The van der Waals surface area contributed by atoms with E-state index in [1.165, 1.54) is 0 Å². The average Bonchev–Trinajstić information content (AvgIpc) is 3.26. The molecule has 4 atom stereocenters. The third-order valence-electron chi connectivity index (χ3n) is 7.59. The Labute approximate surface area is 187 Å². The fourth-order valence-corrected chi connectivity index (χ4v) is 15.5. The summed E-state index contributed by atoms with van der Waals surface area (Å²) in [7, 11) is -5.06. The number of carbonyl (C=O) groups is 1. The summed E-state index contributed by atoms with van der Waals surface area (Å²) in [5, 5.41) is 0. The molecule has 2 bridgehead atoms. The van der Waals surface area contributed by atoms with Gasteiger partial charge in [0.25, 0.3) is 14.3 Å². The van der Waals surface area contributed by atoms with Gasteiger partial charge in [-0.3, -0.25) is 4.79 Å². The van der Waals surface area contributed by atoms with Gasteiger partial charge in [0, 0.05) is 25.4 Å². The zero-order valence-corrected chi connectivity index (χ0v) is 22.8. The molecule has 0 spiro atoms. The molecule has 0 radical (unpaired) electrons. The van der Waals surface area contributed by atoms with Crippen molar-refractivity contribution >= 4 is 23.1 Å². The van der Waals surface area contributed by atoms with Gasteiger partial charge in [-0.15, -0.1) is 0 Å². The first kappa shape index (κ1) is 26.0. The molecule has 0 heterocycles. The molecule has 2 aliphatic rings. The molecule has 0 aromatic rings. The molecule has 2 fully saturated rings. The molecule has 0 aliphatic heterocycles. The van der Waals surface area contributed by atoms with Gasteiger partial charge in [-0.1, -0.05) is 41.5 Å². The quantitative estimate of drug-likeness (QED) is 0.327. The minimum Gasteiger partial charge on any atom is -0.518 e. The van der Waals surface area contributed by atoms with Crippen LogP contribution in [0.2, 0.25) is 22.2 Å². The molecule has 2 saturated carbocycles. The number of carbonyl (C=O) groups excluding carboxylic acids is 1. The average molecular weight is 459 g/mol. The molecule has 176 valence electrons. The summed E-state index contributed by atoms with van der Waals surface area (Å²) < 4.78 is 25.3. The van der Waals surface area contributed by atoms with Gasteiger partial charge in [0.1, 0.15) is 0 Å². The molecule has 4 unspecified atom stereocenters. The summed E-state index contributed by atoms with van der Waals surface area (Å²) in [5.74, 6) is 0.823. The van der Waals surface area contributed by atoms with Crippen molar-refractivity contribution in [3.05, 3.63) is 0 Å². The molecule has 0 N–H and O–H groups in total. The standard InChI is InChI=1S/C23H46O5Si2/c1-10-25-30(26-11-2,27-12-3)22-15-19-13-20(22)21(14-19)23(24)28-29(16(4)5,17(6)7)18(8)9/h16-22H,10-15H2,1-9H3.